The van der Waals surface area contributed by atoms with E-state index in [1.807, 2.05) is 103 Å². The molecule has 1 aliphatic rings. The second-order valence-electron chi connectivity index (χ2n) is 17.3. The van der Waals surface area contributed by atoms with Gasteiger partial charge in [0.05, 0.1) is 17.3 Å². The van der Waals surface area contributed by atoms with Crippen molar-refractivity contribution in [2.45, 2.75) is 140 Å². The quantitative estimate of drug-likeness (QED) is 0.0718. The smallest absolute Gasteiger partial charge is 0.280 e. The van der Waals surface area contributed by atoms with Crippen LogP contribution < -0.4 is 27.1 Å². The predicted octanol–water partition coefficient (Wildman–Crippen LogP) is 9.26. The van der Waals surface area contributed by atoms with Gasteiger partial charge in [-0.15, -0.1) is 21.5 Å². The maximum absolute atomic E-state index is 11.1. The number of hydroxylamine groups is 1. The third kappa shape index (κ3) is 28.6. The Morgan fingerprint density at radius 2 is 1.30 bits per heavy atom. The summed E-state index contributed by atoms with van der Waals surface area (Å²) in [6.07, 6.45) is 2.40. The van der Waals surface area contributed by atoms with Gasteiger partial charge in [-0.2, -0.15) is 19.7 Å². The van der Waals surface area contributed by atoms with E-state index in [-0.39, 0.29) is 52.2 Å². The zero-order valence-electron chi connectivity index (χ0n) is 43.5. The molecular formula is C47H78N10O10S2. The van der Waals surface area contributed by atoms with Crippen LogP contribution in [0.1, 0.15) is 168 Å². The lowest BCUT2D eigenvalue weighted by molar-refractivity contribution is -0.124. The third-order valence-corrected chi connectivity index (χ3v) is 10.2. The van der Waals surface area contributed by atoms with Crippen molar-refractivity contribution in [1.29, 1.82) is 0 Å². The molecule has 0 radical (unpaired) electrons. The zero-order valence-corrected chi connectivity index (χ0v) is 45.2. The second-order valence-corrected chi connectivity index (χ2v) is 18.9. The number of rotatable bonds is 8. The highest BCUT2D eigenvalue weighted by molar-refractivity contribution is 7.10. The highest BCUT2D eigenvalue weighted by atomic mass is 32.1. The molecule has 0 atom stereocenters. The van der Waals surface area contributed by atoms with Crippen molar-refractivity contribution in [2.75, 3.05) is 14.1 Å². The number of carbonyl (C=O) groups is 2. The van der Waals surface area contributed by atoms with Crippen LogP contribution in [-0.4, -0.2) is 77.2 Å². The molecule has 5 aromatic heterocycles. The fourth-order valence-corrected chi connectivity index (χ4v) is 5.70. The normalized spacial score (nSPS) is 11.1. The average Bonchev–Trinajstić information content (AvgIpc) is 4.15. The summed E-state index contributed by atoms with van der Waals surface area (Å²) >= 11 is 2.90. The van der Waals surface area contributed by atoms with E-state index in [0.29, 0.717) is 52.4 Å². The maximum Gasteiger partial charge on any atom is 0.280 e. The SMILES string of the molecule is C=C1N=C(C(C)C)NO1.CC(C)c1cc(=O)[nH]o1.CC(C)c1cc(O)cs1.CC(C)c1cocc(O)c1=O.CC(C)c1nn[nH]n1.CC(C)c1nscc1O.CNC(=O)C(C)C.CNC(=O)C(C)C. The van der Waals surface area contributed by atoms with Gasteiger partial charge in [0.25, 0.3) is 5.56 Å². The molecule has 6 heterocycles. The van der Waals surface area contributed by atoms with Crippen LogP contribution in [0.2, 0.25) is 0 Å². The first kappa shape index (κ1) is 64.8. The number of hydrogen-bond acceptors (Lipinski definition) is 18. The van der Waals surface area contributed by atoms with Gasteiger partial charge in [0.1, 0.15) is 29.4 Å². The Balaban J connectivity index is 0. The molecule has 0 spiro atoms. The lowest BCUT2D eigenvalue weighted by atomic mass is 10.1. The number of aliphatic imine (C=N–C) groups is 1. The van der Waals surface area contributed by atoms with Crippen molar-refractivity contribution in [3.8, 4) is 17.2 Å². The van der Waals surface area contributed by atoms with E-state index in [2.05, 4.69) is 71.7 Å². The molecule has 20 nitrogen and oxygen atoms in total. The van der Waals surface area contributed by atoms with Crippen LogP contribution in [-0.2, 0) is 14.4 Å². The Bertz CT molecular complexity index is 2280. The fourth-order valence-electron chi connectivity index (χ4n) is 4.22. The summed E-state index contributed by atoms with van der Waals surface area (Å²) in [6.45, 7) is 35.0. The number of aromatic amines is 2. The molecule has 69 heavy (non-hydrogen) atoms. The molecule has 0 unspecified atom stereocenters. The summed E-state index contributed by atoms with van der Waals surface area (Å²) in [6, 6.07) is 3.28. The molecule has 0 fully saturated rings. The minimum Gasteiger partial charge on any atom is -0.507 e. The van der Waals surface area contributed by atoms with Crippen LogP contribution >= 0.6 is 22.9 Å². The van der Waals surface area contributed by atoms with Gasteiger partial charge in [0.15, 0.2) is 11.6 Å². The number of thiophene rings is 1. The van der Waals surface area contributed by atoms with Gasteiger partial charge in [-0.3, -0.25) is 19.2 Å². The average molecular weight is 1010 g/mol. The van der Waals surface area contributed by atoms with Crippen molar-refractivity contribution >= 4 is 40.5 Å². The molecule has 0 aromatic carbocycles. The molecule has 0 saturated heterocycles. The number of nitrogens with zero attached hydrogens (tertiary/aromatic N) is 5. The molecule has 0 aliphatic carbocycles. The number of aromatic nitrogens is 6. The number of aromatic hydroxyl groups is 3. The van der Waals surface area contributed by atoms with E-state index < -0.39 is 0 Å². The Labute approximate surface area is 414 Å². The zero-order chi connectivity index (χ0) is 53.6. The monoisotopic (exact) mass is 1010 g/mol. The van der Waals surface area contributed by atoms with Gasteiger partial charge in [-0.25, -0.2) is 5.48 Å². The third-order valence-electron chi connectivity index (χ3n) is 8.39. The molecule has 5 aromatic rings. The first-order chi connectivity index (χ1) is 32.1. The first-order valence-corrected chi connectivity index (χ1v) is 24.1. The number of H-pyrrole nitrogens is 2. The minimum absolute atomic E-state index is 0.0818. The number of amides is 2. The van der Waals surface area contributed by atoms with Crippen LogP contribution in [0.15, 0.2) is 71.4 Å². The number of amidine groups is 1. The van der Waals surface area contributed by atoms with Gasteiger partial charge in [0, 0.05) is 71.5 Å². The van der Waals surface area contributed by atoms with Crippen molar-refractivity contribution in [3.63, 3.8) is 0 Å². The van der Waals surface area contributed by atoms with Gasteiger partial charge >= 0.3 is 0 Å². The lowest BCUT2D eigenvalue weighted by Crippen LogP contribution is -2.22. The molecule has 0 bridgehead atoms. The molecule has 22 heteroatoms. The molecule has 1 aliphatic heterocycles. The number of nitrogens with one attached hydrogen (secondary N) is 5. The van der Waals surface area contributed by atoms with E-state index >= 15 is 0 Å². The Morgan fingerprint density at radius 1 is 0.725 bits per heavy atom. The fraction of sp³-hybridized carbons (Fsp3) is 0.553. The summed E-state index contributed by atoms with van der Waals surface area (Å²) in [4.78, 5) is 52.3. The summed E-state index contributed by atoms with van der Waals surface area (Å²) < 4.78 is 13.5. The predicted molar refractivity (Wildman–Crippen MR) is 274 cm³/mol. The molecular weight excluding hydrogens is 929 g/mol. The van der Waals surface area contributed by atoms with E-state index in [9.17, 15) is 19.2 Å². The lowest BCUT2D eigenvalue weighted by Gasteiger charge is -2.01. The van der Waals surface area contributed by atoms with Gasteiger partial charge < -0.3 is 39.7 Å². The number of carbonyl (C=O) groups excluding carboxylic acids is 2. The number of tetrazole rings is 1. The Kier molecular flexibility index (Phi) is 32.8. The van der Waals surface area contributed by atoms with Gasteiger partial charge in [0.2, 0.25) is 23.1 Å². The highest BCUT2D eigenvalue weighted by Crippen LogP contribution is 2.26. The van der Waals surface area contributed by atoms with Crippen LogP contribution in [0.5, 0.6) is 17.2 Å². The van der Waals surface area contributed by atoms with Crippen LogP contribution in [0.25, 0.3) is 0 Å². The summed E-state index contributed by atoms with van der Waals surface area (Å²) in [7, 11) is 3.28. The standard InChI is InChI=1S/C8H10O3.C7H10OS.C6H10N2O.C6H9NO2.C6H9NOS.2C5H11NO.C4H8N4/c1-5(2)6-3-11-4-7(9)8(6)10;1-5(2)7-3-6(8)4-9-7;1-4(2)6-7-5(3)9-8-6;1-4(2)5-3-6(8)7-9-5;1-4(2)6-5(8)3-9-7-6;2*1-4(2)5(7)6-3;1-3(2)4-5-7-8-6-4/h3-5,9H,1-2H3;3-5,8H,1-2H3;4H,3H2,1-2H3,(H,7,8);3-4H,1-2H3,(H,7,8);3-4,8H,1-2H3;2*4H,1-3H3,(H,6,7);3H,1-2H3,(H,5,6,7,8). The number of hydrogen-bond donors (Lipinski definition) is 8. The summed E-state index contributed by atoms with van der Waals surface area (Å²) in [5.74, 6) is 5.57. The van der Waals surface area contributed by atoms with Crippen LogP contribution in [0, 0.1) is 17.8 Å². The molecule has 6 rings (SSSR count). The largest absolute Gasteiger partial charge is 0.507 e. The van der Waals surface area contributed by atoms with Crippen molar-refractivity contribution in [2.24, 2.45) is 22.7 Å². The highest BCUT2D eigenvalue weighted by Gasteiger charge is 2.12. The molecule has 0 saturated carbocycles. The maximum atomic E-state index is 11.1. The molecule has 8 N–H and O–H groups in total. The van der Waals surface area contributed by atoms with Crippen LogP contribution in [0.3, 0.4) is 0 Å². The topological polar surface area (TPSA) is 296 Å². The van der Waals surface area contributed by atoms with Crippen molar-refractivity contribution in [3.05, 3.63) is 96.2 Å². The minimum atomic E-state index is -0.341. The van der Waals surface area contributed by atoms with E-state index in [1.165, 1.54) is 28.7 Å². The van der Waals surface area contributed by atoms with Crippen LogP contribution in [0.4, 0.5) is 0 Å². The van der Waals surface area contributed by atoms with Crippen molar-refractivity contribution in [1.82, 2.24) is 46.3 Å². The van der Waals surface area contributed by atoms with E-state index in [1.54, 1.807) is 36.2 Å². The van der Waals surface area contributed by atoms with Gasteiger partial charge in [-0.05, 0) is 36.0 Å². The van der Waals surface area contributed by atoms with E-state index in [0.717, 1.165) is 23.6 Å². The molecule has 2 amide bonds. The second kappa shape index (κ2) is 34.9. The van der Waals surface area contributed by atoms with Crippen molar-refractivity contribution < 1.29 is 38.7 Å². The van der Waals surface area contributed by atoms with Gasteiger partial charge in [-0.1, -0.05) is 116 Å². The van der Waals surface area contributed by atoms with E-state index in [4.69, 9.17) is 29.1 Å². The Hall–Kier alpha value is -6.29. The summed E-state index contributed by atoms with van der Waals surface area (Å²) in [5, 5.41) is 50.9. The Morgan fingerprint density at radius 3 is 1.52 bits per heavy atom. The molecule has 388 valence electrons. The first-order valence-electron chi connectivity index (χ1n) is 22.4. The summed E-state index contributed by atoms with van der Waals surface area (Å²) in [5.41, 5.74) is 3.46.